The van der Waals surface area contributed by atoms with Gasteiger partial charge in [-0.15, -0.1) is 23.2 Å². The minimum absolute atomic E-state index is 0.0167. The van der Waals surface area contributed by atoms with E-state index in [9.17, 15) is 46.7 Å². The van der Waals surface area contributed by atoms with Crippen LogP contribution in [0.3, 0.4) is 0 Å². The van der Waals surface area contributed by atoms with Crippen molar-refractivity contribution < 1.29 is 51.5 Å². The highest BCUT2D eigenvalue weighted by Crippen LogP contribution is 2.27. The van der Waals surface area contributed by atoms with Crippen LogP contribution < -0.4 is 21.3 Å². The molecular weight excluding hydrogens is 796 g/mol. The number of likely N-dealkylation sites (tertiary alicyclic amines) is 1. The van der Waals surface area contributed by atoms with Gasteiger partial charge >= 0.3 is 12.3 Å². The normalized spacial score (nSPS) is 16.1. The molecule has 14 nitrogen and oxygen atoms in total. The number of nitrogens with one attached hydrogen (secondary N) is 4. The molecule has 57 heavy (non-hydrogen) atoms. The maximum Gasteiger partial charge on any atom is 0.425 e. The Labute approximate surface area is 344 Å². The van der Waals surface area contributed by atoms with Gasteiger partial charge in [-0.1, -0.05) is 84.7 Å². The summed E-state index contributed by atoms with van der Waals surface area (Å²) in [6.07, 6.45) is -5.13. The molecule has 1 aromatic rings. The van der Waals surface area contributed by atoms with E-state index in [0.717, 1.165) is 10.8 Å². The van der Waals surface area contributed by atoms with Crippen LogP contribution >= 0.6 is 23.2 Å². The monoisotopic (exact) mass is 856 g/mol. The Balaban J connectivity index is 0. The van der Waals surface area contributed by atoms with E-state index in [1.807, 2.05) is 27.7 Å². The fourth-order valence-corrected chi connectivity index (χ4v) is 4.63. The van der Waals surface area contributed by atoms with Crippen LogP contribution in [0.4, 0.5) is 18.0 Å². The second-order valence-corrected chi connectivity index (χ2v) is 13.4. The first kappa shape index (κ1) is 55.0. The lowest BCUT2D eigenvalue weighted by Crippen LogP contribution is -2.56. The summed E-state index contributed by atoms with van der Waals surface area (Å²) in [5.41, 5.74) is 0.504. The van der Waals surface area contributed by atoms with Crippen molar-refractivity contribution in [1.82, 2.24) is 31.1 Å². The van der Waals surface area contributed by atoms with Gasteiger partial charge in [0.25, 0.3) is 5.91 Å². The smallest absolute Gasteiger partial charge is 0.425 e. The number of hydrogen-bond acceptors (Lipinski definition) is 8. The number of ether oxygens (including phenoxy) is 1. The maximum atomic E-state index is 13.1. The maximum absolute atomic E-state index is 13.1. The number of nitrogens with zero attached hydrogens (tertiary/aromatic N) is 2. The van der Waals surface area contributed by atoms with Gasteiger partial charge in [0.2, 0.25) is 29.4 Å². The summed E-state index contributed by atoms with van der Waals surface area (Å²) in [5.74, 6) is -3.86. The number of carbonyl (C=O) groups is 7. The Hall–Kier alpha value is -4.12. The van der Waals surface area contributed by atoms with Crippen molar-refractivity contribution in [2.24, 2.45) is 5.92 Å². The van der Waals surface area contributed by atoms with E-state index >= 15 is 0 Å². The third-order valence-electron chi connectivity index (χ3n) is 7.96. The fraction of sp³-hybridized carbons (Fsp3) is 0.658. The van der Waals surface area contributed by atoms with E-state index in [4.69, 9.17) is 23.2 Å². The summed E-state index contributed by atoms with van der Waals surface area (Å²) >= 11 is 9.53. The first-order valence-electron chi connectivity index (χ1n) is 18.9. The fourth-order valence-electron chi connectivity index (χ4n) is 4.63. The van der Waals surface area contributed by atoms with Gasteiger partial charge in [-0.2, -0.15) is 13.2 Å². The third-order valence-corrected chi connectivity index (χ3v) is 7.96. The molecule has 1 aliphatic carbocycles. The van der Waals surface area contributed by atoms with E-state index in [1.54, 1.807) is 30.3 Å². The zero-order valence-electron chi connectivity index (χ0n) is 34.6. The Bertz CT molecular complexity index is 1400. The number of benzene rings is 1. The lowest BCUT2D eigenvalue weighted by Gasteiger charge is -2.29. The van der Waals surface area contributed by atoms with Crippen molar-refractivity contribution in [3.63, 3.8) is 0 Å². The van der Waals surface area contributed by atoms with E-state index in [1.165, 1.54) is 45.7 Å². The van der Waals surface area contributed by atoms with Crippen LogP contribution in [-0.2, 0) is 33.5 Å². The van der Waals surface area contributed by atoms with Gasteiger partial charge in [-0.05, 0) is 44.6 Å². The molecule has 1 heterocycles. The highest BCUT2D eigenvalue weighted by Gasteiger charge is 2.41. The number of hydrogen-bond donors (Lipinski definition) is 4. The number of likely N-dealkylation sites (N-methyl/N-ethyl adjacent to an activating group) is 1. The molecule has 1 aliphatic heterocycles. The average molecular weight is 858 g/mol. The molecule has 0 aromatic heterocycles. The molecule has 1 aromatic carbocycles. The summed E-state index contributed by atoms with van der Waals surface area (Å²) < 4.78 is 42.4. The van der Waals surface area contributed by atoms with Gasteiger partial charge in [0.15, 0.2) is 6.10 Å². The van der Waals surface area contributed by atoms with Gasteiger partial charge in [0.1, 0.15) is 18.1 Å². The van der Waals surface area contributed by atoms with Crippen LogP contribution in [0.25, 0.3) is 0 Å². The predicted octanol–water partition coefficient (Wildman–Crippen LogP) is 5.46. The molecular formula is C38H61Cl2F3N6O8. The first-order valence-corrected chi connectivity index (χ1v) is 20.0. The molecule has 2 fully saturated rings. The zero-order valence-corrected chi connectivity index (χ0v) is 36.1. The summed E-state index contributed by atoms with van der Waals surface area (Å²) in [6.45, 7) is 13.1. The van der Waals surface area contributed by atoms with Crippen molar-refractivity contribution in [3.8, 4) is 0 Å². The van der Waals surface area contributed by atoms with Crippen LogP contribution in [0.2, 0.25) is 0 Å². The number of alkyl halides is 5. The van der Waals surface area contributed by atoms with Crippen molar-refractivity contribution >= 4 is 64.6 Å². The number of Topliss-reactive ketones (excluding diaryl/α,β-unsaturated/α-hetero) is 1. The molecule has 1 saturated carbocycles. The third kappa shape index (κ3) is 21.3. The van der Waals surface area contributed by atoms with Gasteiger partial charge in [-0.25, -0.2) is 4.79 Å². The quantitative estimate of drug-likeness (QED) is 0.149. The molecule has 0 radical (unpaired) electrons. The van der Waals surface area contributed by atoms with Crippen LogP contribution in [0.1, 0.15) is 99.1 Å². The van der Waals surface area contributed by atoms with Gasteiger partial charge in [-0.3, -0.25) is 28.8 Å². The molecule has 1 saturated heterocycles. The lowest BCUT2D eigenvalue weighted by atomic mass is 10.1. The number of carbonyl (C=O) groups excluding carboxylic acids is 7. The molecule has 2 aliphatic rings. The minimum atomic E-state index is -4.80. The van der Waals surface area contributed by atoms with Crippen LogP contribution in [-0.4, -0.2) is 114 Å². The number of ketones is 1. The van der Waals surface area contributed by atoms with Gasteiger partial charge in [0.05, 0.1) is 17.9 Å². The Kier molecular flexibility index (Phi) is 28.1. The second kappa shape index (κ2) is 29.1. The predicted molar refractivity (Wildman–Crippen MR) is 213 cm³/mol. The lowest BCUT2D eigenvalue weighted by molar-refractivity contribution is -0.197. The topological polar surface area (TPSA) is 183 Å². The molecule has 19 heteroatoms. The molecule has 0 spiro atoms. The zero-order chi connectivity index (χ0) is 44.5. The summed E-state index contributed by atoms with van der Waals surface area (Å²) in [5, 5.41) is 9.32. The van der Waals surface area contributed by atoms with E-state index < -0.39 is 84.4 Å². The van der Waals surface area contributed by atoms with Crippen LogP contribution in [0.15, 0.2) is 30.3 Å². The summed E-state index contributed by atoms with van der Waals surface area (Å²) in [7, 11) is 3.03. The number of alkyl carbamates (subject to hydrolysis) is 1. The molecule has 3 rings (SSSR count). The highest BCUT2D eigenvalue weighted by atomic mass is 35.5. The van der Waals surface area contributed by atoms with Crippen LogP contribution in [0, 0.1) is 5.92 Å². The SMILES string of the molecule is CC.CC.CC1CC1.CCC(NC(=O)OC(C)C(F)(F)F)C(=O)N1CCC[C@H]1C(=O)NC(C)C(=O)C(=O)NCC(=O)NC(C(=O)N(C)C)c1ccccc1.ClCCl. The van der Waals surface area contributed by atoms with Gasteiger partial charge < -0.3 is 35.8 Å². The first-order chi connectivity index (χ1) is 26.8. The second-order valence-electron chi connectivity index (χ2n) is 12.6. The highest BCUT2D eigenvalue weighted by molar-refractivity contribution is 6.40. The molecule has 5 atom stereocenters. The Morgan fingerprint density at radius 3 is 1.89 bits per heavy atom. The largest absolute Gasteiger partial charge is 0.437 e. The standard InChI is InChI=1S/C29H39F3N6O8.C4H8.2C2H6.CH2Cl2/c1-6-19(35-28(45)46-17(3)29(30,31)32)26(43)38-14-10-13-20(38)24(41)34-16(2)23(40)25(42)33-15-21(39)36-22(27(44)37(4)5)18-11-8-7-9-12-18;1-4-2-3-4;2*1-2;2-1-3/h7-9,11-12,16-17,19-20,22H,6,10,13-15H2,1-5H3,(H,33,42)(H,34,41)(H,35,45)(H,36,39);4H,2-3H2,1H3;2*1-2H3;1H2/t16?,17?,19?,20-,22?;;;;/m0..../s1. The van der Waals surface area contributed by atoms with E-state index in [0.29, 0.717) is 18.9 Å². The Morgan fingerprint density at radius 2 is 1.44 bits per heavy atom. The minimum Gasteiger partial charge on any atom is -0.437 e. The molecule has 326 valence electrons. The van der Waals surface area contributed by atoms with Crippen molar-refractivity contribution in [1.29, 1.82) is 0 Å². The van der Waals surface area contributed by atoms with Crippen LogP contribution in [0.5, 0.6) is 0 Å². The number of halogens is 5. The summed E-state index contributed by atoms with van der Waals surface area (Å²) in [6, 6.07) is 3.63. The molecule has 4 unspecified atom stereocenters. The van der Waals surface area contributed by atoms with E-state index in [-0.39, 0.29) is 24.7 Å². The number of amides is 6. The average Bonchev–Trinajstić information content (AvgIpc) is 3.81. The molecule has 0 bridgehead atoms. The van der Waals surface area contributed by atoms with Crippen molar-refractivity contribution in [2.45, 2.75) is 124 Å². The summed E-state index contributed by atoms with van der Waals surface area (Å²) in [4.78, 5) is 90.8. The molecule has 6 amide bonds. The molecule has 4 N–H and O–H groups in total. The van der Waals surface area contributed by atoms with Crippen molar-refractivity contribution in [2.75, 3.05) is 32.5 Å². The van der Waals surface area contributed by atoms with Crippen molar-refractivity contribution in [3.05, 3.63) is 35.9 Å². The Morgan fingerprint density at radius 1 is 0.912 bits per heavy atom. The van der Waals surface area contributed by atoms with Gasteiger partial charge in [0, 0.05) is 20.6 Å². The number of rotatable bonds is 13. The van der Waals surface area contributed by atoms with E-state index in [2.05, 4.69) is 32.9 Å².